The molecular formula is C17H20N6O. The highest BCUT2D eigenvalue weighted by Gasteiger charge is 2.25. The standard InChI is InChI=1S/C17H20N6O/c1-12-9-19-23(11-12)14-5-3-13(4-6-14)17-20-16(21-24-17)15-10-18-7-8-22(15)2/h3-6,9,11,15,18H,7-8,10H2,1-2H3. The van der Waals surface area contributed by atoms with Crippen LogP contribution in [0.2, 0.25) is 0 Å². The van der Waals surface area contributed by atoms with Gasteiger partial charge in [-0.1, -0.05) is 5.16 Å². The van der Waals surface area contributed by atoms with Crippen LogP contribution in [0.1, 0.15) is 17.4 Å². The van der Waals surface area contributed by atoms with Crippen LogP contribution in [-0.2, 0) is 0 Å². The Morgan fingerprint density at radius 2 is 2.08 bits per heavy atom. The predicted octanol–water partition coefficient (Wildman–Crippen LogP) is 1.81. The van der Waals surface area contributed by atoms with Crippen LogP contribution in [0.3, 0.4) is 0 Å². The van der Waals surface area contributed by atoms with E-state index in [-0.39, 0.29) is 6.04 Å². The number of likely N-dealkylation sites (N-methyl/N-ethyl adjacent to an activating group) is 1. The SMILES string of the molecule is Cc1cnn(-c2ccc(-c3nc(C4CNCCN4C)no3)cc2)c1. The molecule has 3 heterocycles. The Morgan fingerprint density at radius 3 is 2.79 bits per heavy atom. The molecule has 1 aromatic carbocycles. The molecule has 1 atom stereocenters. The second kappa shape index (κ2) is 6.18. The van der Waals surface area contributed by atoms with Gasteiger partial charge in [-0.25, -0.2) is 4.68 Å². The second-order valence-electron chi connectivity index (χ2n) is 6.17. The van der Waals surface area contributed by atoms with E-state index in [1.807, 2.05) is 48.3 Å². The summed E-state index contributed by atoms with van der Waals surface area (Å²) in [7, 11) is 2.09. The highest BCUT2D eigenvalue weighted by atomic mass is 16.5. The minimum Gasteiger partial charge on any atom is -0.334 e. The van der Waals surface area contributed by atoms with E-state index in [2.05, 4.69) is 32.5 Å². The molecule has 1 unspecified atom stereocenters. The number of hydrogen-bond acceptors (Lipinski definition) is 6. The Kier molecular flexibility index (Phi) is 3.87. The maximum absolute atomic E-state index is 5.46. The zero-order chi connectivity index (χ0) is 16.5. The van der Waals surface area contributed by atoms with E-state index >= 15 is 0 Å². The van der Waals surface area contributed by atoms with Crippen molar-refractivity contribution in [1.82, 2.24) is 30.1 Å². The van der Waals surface area contributed by atoms with Crippen molar-refractivity contribution in [2.75, 3.05) is 26.7 Å². The summed E-state index contributed by atoms with van der Waals surface area (Å²) in [5.74, 6) is 1.28. The molecule has 1 saturated heterocycles. The van der Waals surface area contributed by atoms with E-state index in [0.29, 0.717) is 5.89 Å². The van der Waals surface area contributed by atoms with Crippen molar-refractivity contribution >= 4 is 0 Å². The van der Waals surface area contributed by atoms with Crippen LogP contribution in [0.5, 0.6) is 0 Å². The number of rotatable bonds is 3. The molecule has 0 amide bonds. The number of hydrogen-bond donors (Lipinski definition) is 1. The molecule has 124 valence electrons. The summed E-state index contributed by atoms with van der Waals surface area (Å²) in [5.41, 5.74) is 3.04. The summed E-state index contributed by atoms with van der Waals surface area (Å²) < 4.78 is 7.31. The van der Waals surface area contributed by atoms with Gasteiger partial charge in [0.1, 0.15) is 0 Å². The lowest BCUT2D eigenvalue weighted by atomic mass is 10.2. The predicted molar refractivity (Wildman–Crippen MR) is 89.8 cm³/mol. The second-order valence-corrected chi connectivity index (χ2v) is 6.17. The third-order valence-electron chi connectivity index (χ3n) is 4.34. The molecule has 0 aliphatic carbocycles. The minimum atomic E-state index is 0.155. The first-order valence-corrected chi connectivity index (χ1v) is 8.07. The van der Waals surface area contributed by atoms with Gasteiger partial charge in [0.25, 0.3) is 5.89 Å². The van der Waals surface area contributed by atoms with E-state index in [4.69, 9.17) is 4.52 Å². The van der Waals surface area contributed by atoms with Crippen molar-refractivity contribution in [2.24, 2.45) is 0 Å². The van der Waals surface area contributed by atoms with Gasteiger partial charge in [-0.15, -0.1) is 0 Å². The first kappa shape index (κ1) is 15.0. The summed E-state index contributed by atoms with van der Waals surface area (Å²) in [6.45, 7) is 4.83. The van der Waals surface area contributed by atoms with Gasteiger partial charge in [0.2, 0.25) is 0 Å². The fraction of sp³-hybridized carbons (Fsp3) is 0.353. The van der Waals surface area contributed by atoms with Crippen molar-refractivity contribution in [1.29, 1.82) is 0 Å². The molecule has 0 bridgehead atoms. The van der Waals surface area contributed by atoms with E-state index in [1.54, 1.807) is 0 Å². The third-order valence-corrected chi connectivity index (χ3v) is 4.34. The van der Waals surface area contributed by atoms with E-state index in [1.165, 1.54) is 0 Å². The highest BCUT2D eigenvalue weighted by molar-refractivity contribution is 5.55. The monoisotopic (exact) mass is 324 g/mol. The number of piperazine rings is 1. The summed E-state index contributed by atoms with van der Waals surface area (Å²) in [6, 6.07) is 8.11. The molecule has 1 N–H and O–H groups in total. The molecule has 4 rings (SSSR count). The smallest absolute Gasteiger partial charge is 0.257 e. The lowest BCUT2D eigenvalue weighted by Gasteiger charge is -2.30. The van der Waals surface area contributed by atoms with Crippen LogP contribution in [0.25, 0.3) is 17.1 Å². The first-order valence-electron chi connectivity index (χ1n) is 8.07. The maximum Gasteiger partial charge on any atom is 0.257 e. The molecule has 7 heteroatoms. The van der Waals surface area contributed by atoms with Gasteiger partial charge in [0, 0.05) is 31.4 Å². The Bertz CT molecular complexity index is 822. The molecule has 1 aliphatic rings. The summed E-state index contributed by atoms with van der Waals surface area (Å²) in [6.07, 6.45) is 3.83. The number of aryl methyl sites for hydroxylation is 1. The van der Waals surface area contributed by atoms with Crippen LogP contribution in [0, 0.1) is 6.92 Å². The van der Waals surface area contributed by atoms with Gasteiger partial charge >= 0.3 is 0 Å². The van der Waals surface area contributed by atoms with Crippen molar-refractivity contribution in [2.45, 2.75) is 13.0 Å². The minimum absolute atomic E-state index is 0.155. The molecule has 0 saturated carbocycles. The summed E-state index contributed by atoms with van der Waals surface area (Å²) >= 11 is 0. The zero-order valence-corrected chi connectivity index (χ0v) is 13.8. The lowest BCUT2D eigenvalue weighted by Crippen LogP contribution is -2.44. The Hall–Kier alpha value is -2.51. The van der Waals surface area contributed by atoms with Crippen LogP contribution in [0.15, 0.2) is 41.2 Å². The Balaban J connectivity index is 1.56. The average molecular weight is 324 g/mol. The normalized spacial score (nSPS) is 18.8. The molecule has 7 nitrogen and oxygen atoms in total. The van der Waals surface area contributed by atoms with Crippen LogP contribution < -0.4 is 5.32 Å². The lowest BCUT2D eigenvalue weighted by molar-refractivity contribution is 0.190. The van der Waals surface area contributed by atoms with Crippen molar-refractivity contribution in [3.63, 3.8) is 0 Å². The summed E-state index contributed by atoms with van der Waals surface area (Å²) in [5, 5.41) is 11.8. The van der Waals surface area contributed by atoms with E-state index in [9.17, 15) is 0 Å². The van der Waals surface area contributed by atoms with Crippen LogP contribution >= 0.6 is 0 Å². The number of nitrogens with zero attached hydrogens (tertiary/aromatic N) is 5. The fourth-order valence-electron chi connectivity index (χ4n) is 2.89. The van der Waals surface area contributed by atoms with Crippen molar-refractivity contribution < 1.29 is 4.52 Å². The molecule has 2 aromatic heterocycles. The largest absolute Gasteiger partial charge is 0.334 e. The Morgan fingerprint density at radius 1 is 1.25 bits per heavy atom. The summed E-state index contributed by atoms with van der Waals surface area (Å²) in [4.78, 5) is 6.82. The zero-order valence-electron chi connectivity index (χ0n) is 13.8. The third kappa shape index (κ3) is 2.83. The molecular weight excluding hydrogens is 304 g/mol. The first-order chi connectivity index (χ1) is 11.7. The van der Waals surface area contributed by atoms with E-state index < -0.39 is 0 Å². The quantitative estimate of drug-likeness (QED) is 0.792. The van der Waals surface area contributed by atoms with Gasteiger partial charge in [0.05, 0.1) is 17.9 Å². The van der Waals surface area contributed by atoms with Crippen LogP contribution in [-0.4, -0.2) is 51.5 Å². The number of nitrogens with one attached hydrogen (secondary N) is 1. The van der Waals surface area contributed by atoms with Gasteiger partial charge in [-0.3, -0.25) is 4.90 Å². The van der Waals surface area contributed by atoms with Gasteiger partial charge in [-0.2, -0.15) is 10.1 Å². The fourth-order valence-corrected chi connectivity index (χ4v) is 2.89. The van der Waals surface area contributed by atoms with E-state index in [0.717, 1.165) is 42.3 Å². The molecule has 0 spiro atoms. The molecule has 1 aliphatic heterocycles. The van der Waals surface area contributed by atoms with Gasteiger partial charge < -0.3 is 9.84 Å². The molecule has 0 radical (unpaired) electrons. The molecule has 3 aromatic rings. The van der Waals surface area contributed by atoms with Crippen LogP contribution in [0.4, 0.5) is 0 Å². The molecule has 1 fully saturated rings. The van der Waals surface area contributed by atoms with Crippen molar-refractivity contribution in [3.8, 4) is 17.1 Å². The van der Waals surface area contributed by atoms with Gasteiger partial charge in [-0.05, 0) is 43.8 Å². The van der Waals surface area contributed by atoms with Gasteiger partial charge in [0.15, 0.2) is 5.82 Å². The highest BCUT2D eigenvalue weighted by Crippen LogP contribution is 2.23. The maximum atomic E-state index is 5.46. The number of benzene rings is 1. The topological polar surface area (TPSA) is 72.0 Å². The average Bonchev–Trinajstić information content (AvgIpc) is 3.25. The molecule has 24 heavy (non-hydrogen) atoms. The van der Waals surface area contributed by atoms with Crippen molar-refractivity contribution in [3.05, 3.63) is 48.0 Å². The number of aromatic nitrogens is 4. The Labute approximate surface area is 140 Å².